The van der Waals surface area contributed by atoms with Crippen LogP contribution in [0.5, 0.6) is 0 Å². The Balaban J connectivity index is 1.62. The van der Waals surface area contributed by atoms with E-state index in [-0.39, 0.29) is 12.1 Å². The molecule has 0 spiro atoms. The van der Waals surface area contributed by atoms with Gasteiger partial charge in [-0.1, -0.05) is 42.3 Å². The van der Waals surface area contributed by atoms with Crippen LogP contribution < -0.4 is 15.5 Å². The number of rotatable bonds is 7. The number of aryl methyl sites for hydroxylation is 1. The van der Waals surface area contributed by atoms with Crippen LogP contribution in [-0.4, -0.2) is 65.6 Å². The maximum atomic E-state index is 14.3. The van der Waals surface area contributed by atoms with Crippen LogP contribution in [0.15, 0.2) is 78.9 Å². The summed E-state index contributed by atoms with van der Waals surface area (Å²) in [6.45, 7) is 4.21. The van der Waals surface area contributed by atoms with Crippen molar-refractivity contribution in [2.45, 2.75) is 32.0 Å². The van der Waals surface area contributed by atoms with E-state index >= 15 is 0 Å². The summed E-state index contributed by atoms with van der Waals surface area (Å²) in [6.07, 6.45) is -4.65. The van der Waals surface area contributed by atoms with Crippen molar-refractivity contribution in [3.63, 3.8) is 0 Å². The van der Waals surface area contributed by atoms with Crippen LogP contribution >= 0.6 is 0 Å². The van der Waals surface area contributed by atoms with E-state index in [2.05, 4.69) is 22.5 Å². The number of benzene rings is 3. The molecule has 2 N–H and O–H groups in total. The summed E-state index contributed by atoms with van der Waals surface area (Å²) in [5.74, 6) is 3.19. The van der Waals surface area contributed by atoms with Crippen LogP contribution in [-0.2, 0) is 15.8 Å². The standard InChI is InChI=1S/C35H33F3N6O3/c1-5-43-33-29(22(2)41-44(33)27-16-7-6-8-17-27)30(23-12-10-15-26(21-23)39-28(45)18-11-19-42(3)4)31(34(43)47)40-32(46)24-13-9-14-25(20-24)35(36,37)38/h6-10,12-17,20-21,30-31H,5,19H2,1-4H3,(H,39,45)(H,40,46)/t30-,31+/m1/s1. The predicted octanol–water partition coefficient (Wildman–Crippen LogP) is 5.00. The molecule has 1 aliphatic rings. The third kappa shape index (κ3) is 7.05. The number of hydrogen-bond acceptors (Lipinski definition) is 5. The second kappa shape index (κ2) is 13.5. The van der Waals surface area contributed by atoms with Gasteiger partial charge in [-0.05, 0) is 81.9 Å². The van der Waals surface area contributed by atoms with E-state index in [0.717, 1.165) is 18.2 Å². The number of hydrogen-bond donors (Lipinski definition) is 2. The lowest BCUT2D eigenvalue weighted by molar-refractivity contribution is -0.137. The number of nitrogens with zero attached hydrogens (tertiary/aromatic N) is 4. The highest BCUT2D eigenvalue weighted by molar-refractivity contribution is 6.06. The molecule has 0 unspecified atom stereocenters. The fourth-order valence-corrected chi connectivity index (χ4v) is 5.60. The van der Waals surface area contributed by atoms with Crippen molar-refractivity contribution in [1.82, 2.24) is 20.0 Å². The van der Waals surface area contributed by atoms with Crippen molar-refractivity contribution < 1.29 is 27.6 Å². The largest absolute Gasteiger partial charge is 0.416 e. The third-order valence-corrected chi connectivity index (χ3v) is 7.67. The van der Waals surface area contributed by atoms with Crippen molar-refractivity contribution in [3.8, 4) is 17.5 Å². The zero-order valence-electron chi connectivity index (χ0n) is 26.2. The van der Waals surface area contributed by atoms with Crippen LogP contribution in [0.1, 0.15) is 45.6 Å². The van der Waals surface area contributed by atoms with E-state index in [1.54, 1.807) is 42.8 Å². The minimum atomic E-state index is -4.65. The quantitative estimate of drug-likeness (QED) is 0.277. The maximum absolute atomic E-state index is 14.3. The van der Waals surface area contributed by atoms with Gasteiger partial charge in [-0.2, -0.15) is 18.3 Å². The maximum Gasteiger partial charge on any atom is 0.416 e. The molecule has 242 valence electrons. The Bertz CT molecular complexity index is 1870. The number of fused-ring (bicyclic) bond motifs is 1. The van der Waals surface area contributed by atoms with Crippen LogP contribution in [0.3, 0.4) is 0 Å². The Morgan fingerprint density at radius 1 is 1.00 bits per heavy atom. The highest BCUT2D eigenvalue weighted by atomic mass is 19.4. The summed E-state index contributed by atoms with van der Waals surface area (Å²) in [6, 6.07) is 18.9. The fourth-order valence-electron chi connectivity index (χ4n) is 5.60. The Hall–Kier alpha value is -5.41. The molecule has 1 aliphatic heterocycles. The first-order valence-electron chi connectivity index (χ1n) is 14.9. The van der Waals surface area contributed by atoms with Gasteiger partial charge in [0, 0.05) is 29.3 Å². The number of aromatic nitrogens is 2. The number of anilines is 2. The molecule has 3 aromatic carbocycles. The summed E-state index contributed by atoms with van der Waals surface area (Å²) in [5.41, 5.74) is 1.71. The van der Waals surface area contributed by atoms with Gasteiger partial charge in [0.2, 0.25) is 0 Å². The van der Waals surface area contributed by atoms with Crippen LogP contribution in [0.2, 0.25) is 0 Å². The van der Waals surface area contributed by atoms with E-state index in [1.807, 2.05) is 49.3 Å². The zero-order chi connectivity index (χ0) is 33.9. The molecule has 2 atom stereocenters. The van der Waals surface area contributed by atoms with Crippen LogP contribution in [0, 0.1) is 18.8 Å². The molecule has 47 heavy (non-hydrogen) atoms. The van der Waals surface area contributed by atoms with Gasteiger partial charge in [0.25, 0.3) is 17.7 Å². The van der Waals surface area contributed by atoms with E-state index in [0.29, 0.717) is 40.6 Å². The summed E-state index contributed by atoms with van der Waals surface area (Å²) in [4.78, 5) is 43.8. The normalized spacial score (nSPS) is 15.9. The molecule has 12 heteroatoms. The average molecular weight is 643 g/mol. The molecule has 3 amide bonds. The number of para-hydroxylation sites is 1. The molecule has 1 aromatic heterocycles. The molecule has 0 aliphatic carbocycles. The molecule has 0 fully saturated rings. The Morgan fingerprint density at radius 2 is 1.72 bits per heavy atom. The minimum Gasteiger partial charge on any atom is -0.339 e. The Morgan fingerprint density at radius 3 is 2.40 bits per heavy atom. The van der Waals surface area contributed by atoms with Crippen molar-refractivity contribution in [3.05, 3.63) is 107 Å². The van der Waals surface area contributed by atoms with Gasteiger partial charge in [0.15, 0.2) is 0 Å². The minimum absolute atomic E-state index is 0.230. The first-order valence-corrected chi connectivity index (χ1v) is 14.9. The highest BCUT2D eigenvalue weighted by Crippen LogP contribution is 2.44. The lowest BCUT2D eigenvalue weighted by atomic mass is 9.81. The molecule has 5 rings (SSSR count). The molecule has 0 radical (unpaired) electrons. The molecular formula is C35H33F3N6O3. The second-order valence-electron chi connectivity index (χ2n) is 11.3. The number of nitrogens with one attached hydrogen (secondary N) is 2. The van der Waals surface area contributed by atoms with Gasteiger partial charge < -0.3 is 10.6 Å². The van der Waals surface area contributed by atoms with E-state index in [9.17, 15) is 27.6 Å². The predicted molar refractivity (Wildman–Crippen MR) is 172 cm³/mol. The first kappa shape index (κ1) is 33.0. The highest BCUT2D eigenvalue weighted by Gasteiger charge is 2.45. The lowest BCUT2D eigenvalue weighted by Crippen LogP contribution is -2.55. The number of amides is 3. The number of alkyl halides is 3. The Kier molecular flexibility index (Phi) is 9.49. The summed E-state index contributed by atoms with van der Waals surface area (Å²) in [7, 11) is 3.67. The SMILES string of the molecule is CCN1C(=O)[C@@H](NC(=O)c2cccc(C(F)(F)F)c2)[C@H](c2cccc(NC(=O)C#CCN(C)C)c2)c2c(C)nn(-c3ccccc3)c21. The molecule has 9 nitrogen and oxygen atoms in total. The summed E-state index contributed by atoms with van der Waals surface area (Å²) in [5, 5.41) is 10.3. The number of carbonyl (C=O) groups excluding carboxylic acids is 3. The average Bonchev–Trinajstić information content (AvgIpc) is 3.37. The number of carbonyl (C=O) groups is 3. The van der Waals surface area contributed by atoms with Crippen molar-refractivity contribution >= 4 is 29.2 Å². The topological polar surface area (TPSA) is 99.6 Å². The van der Waals surface area contributed by atoms with Gasteiger partial charge in [-0.25, -0.2) is 4.68 Å². The summed E-state index contributed by atoms with van der Waals surface area (Å²) >= 11 is 0. The summed E-state index contributed by atoms with van der Waals surface area (Å²) < 4.78 is 42.1. The number of likely N-dealkylation sites (N-methyl/N-ethyl adjacent to an activating group) is 1. The molecule has 4 aromatic rings. The van der Waals surface area contributed by atoms with E-state index in [4.69, 9.17) is 5.10 Å². The van der Waals surface area contributed by atoms with Gasteiger partial charge >= 0.3 is 6.18 Å². The van der Waals surface area contributed by atoms with Crippen LogP contribution in [0.25, 0.3) is 5.69 Å². The Labute approximate surface area is 270 Å². The van der Waals surface area contributed by atoms with E-state index < -0.39 is 41.4 Å². The second-order valence-corrected chi connectivity index (χ2v) is 11.3. The third-order valence-electron chi connectivity index (χ3n) is 7.67. The molecule has 2 heterocycles. The molecule has 0 saturated heterocycles. The lowest BCUT2D eigenvalue weighted by Gasteiger charge is -2.38. The van der Waals surface area contributed by atoms with Gasteiger partial charge in [-0.15, -0.1) is 0 Å². The van der Waals surface area contributed by atoms with E-state index in [1.165, 1.54) is 11.0 Å². The number of halogens is 3. The van der Waals surface area contributed by atoms with Crippen molar-refractivity contribution in [2.75, 3.05) is 37.4 Å². The molecule has 0 saturated carbocycles. The fraction of sp³-hybridized carbons (Fsp3) is 0.257. The van der Waals surface area contributed by atoms with Crippen molar-refractivity contribution in [1.29, 1.82) is 0 Å². The van der Waals surface area contributed by atoms with Gasteiger partial charge in [0.1, 0.15) is 11.9 Å². The van der Waals surface area contributed by atoms with Crippen molar-refractivity contribution in [2.24, 2.45) is 0 Å². The van der Waals surface area contributed by atoms with Crippen LogP contribution in [0.4, 0.5) is 24.7 Å². The smallest absolute Gasteiger partial charge is 0.339 e. The van der Waals surface area contributed by atoms with Gasteiger partial charge in [-0.3, -0.25) is 24.2 Å². The molecule has 0 bridgehead atoms. The zero-order valence-corrected chi connectivity index (χ0v) is 26.2. The first-order chi connectivity index (χ1) is 22.4. The van der Waals surface area contributed by atoms with Gasteiger partial charge in [0.05, 0.1) is 23.5 Å². The molecular weight excluding hydrogens is 609 g/mol. The monoisotopic (exact) mass is 642 g/mol.